The van der Waals surface area contributed by atoms with Crippen molar-refractivity contribution in [2.45, 2.75) is 104 Å². The summed E-state index contributed by atoms with van der Waals surface area (Å²) in [7, 11) is 1.35. The molecule has 6 bridgehead atoms. The van der Waals surface area contributed by atoms with Crippen LogP contribution < -0.4 is 9.64 Å². The predicted octanol–water partition coefficient (Wildman–Crippen LogP) is 8.67. The monoisotopic (exact) mass is 699 g/mol. The van der Waals surface area contributed by atoms with E-state index < -0.39 is 17.7 Å². The van der Waals surface area contributed by atoms with Crippen molar-refractivity contribution in [2.75, 3.05) is 31.7 Å². The minimum absolute atomic E-state index is 0.0720. The van der Waals surface area contributed by atoms with Gasteiger partial charge in [0.25, 0.3) is 0 Å². The number of ether oxygens (including phenoxy) is 4. The van der Waals surface area contributed by atoms with E-state index in [0.717, 1.165) is 49.0 Å². The summed E-state index contributed by atoms with van der Waals surface area (Å²) in [5, 5.41) is 0. The number of aromatic nitrogens is 2. The molecule has 5 heterocycles. The maximum Gasteiger partial charge on any atom is 0.339 e. The van der Waals surface area contributed by atoms with Gasteiger partial charge in [0.15, 0.2) is 11.9 Å². The lowest BCUT2D eigenvalue weighted by molar-refractivity contribution is -0.164. The van der Waals surface area contributed by atoms with Crippen molar-refractivity contribution in [2.24, 2.45) is 0 Å². The first-order valence-corrected chi connectivity index (χ1v) is 18.0. The maximum atomic E-state index is 14.7. The minimum atomic E-state index is -1.11. The Bertz CT molecular complexity index is 1940. The van der Waals surface area contributed by atoms with E-state index in [4.69, 9.17) is 23.9 Å². The number of hydrogen-bond donors (Lipinski definition) is 0. The Morgan fingerprint density at radius 3 is 2.49 bits per heavy atom. The van der Waals surface area contributed by atoms with Gasteiger partial charge in [-0.1, -0.05) is 18.2 Å². The second-order valence-electron chi connectivity index (χ2n) is 15.2. The lowest BCUT2D eigenvalue weighted by Gasteiger charge is -2.42. The third-order valence-corrected chi connectivity index (χ3v) is 9.99. The molecule has 0 spiro atoms. The summed E-state index contributed by atoms with van der Waals surface area (Å²) in [6.45, 7) is 15.2. The summed E-state index contributed by atoms with van der Waals surface area (Å²) >= 11 is 0. The minimum Gasteiger partial charge on any atom is -0.490 e. The Kier molecular flexibility index (Phi) is 10.3. The van der Waals surface area contributed by atoms with Crippen LogP contribution in [0.1, 0.15) is 101 Å². The maximum absolute atomic E-state index is 14.7. The third kappa shape index (κ3) is 7.67. The lowest BCUT2D eigenvalue weighted by Crippen LogP contribution is -2.45. The number of carbonyl (C=O) groups is 2. The van der Waals surface area contributed by atoms with Crippen LogP contribution in [0.15, 0.2) is 48.7 Å². The molecule has 4 aromatic rings. The topological polar surface area (TPSA) is 91.6 Å². The van der Waals surface area contributed by atoms with Crippen LogP contribution in [0.2, 0.25) is 0 Å². The molecule has 2 unspecified atom stereocenters. The van der Waals surface area contributed by atoms with E-state index in [1.54, 1.807) is 6.07 Å². The Balaban J connectivity index is 1.62. The molecule has 2 aromatic carbocycles. The first-order chi connectivity index (χ1) is 24.2. The molecule has 0 amide bonds. The van der Waals surface area contributed by atoms with Crippen LogP contribution >= 0.6 is 0 Å². The summed E-state index contributed by atoms with van der Waals surface area (Å²) in [4.78, 5) is 34.5. The number of nitrogens with zero attached hydrogens (tertiary/aromatic N) is 3. The highest BCUT2D eigenvalue weighted by atomic mass is 19.1. The number of piperidine rings is 1. The van der Waals surface area contributed by atoms with Crippen LogP contribution in [0.4, 0.5) is 10.2 Å². The smallest absolute Gasteiger partial charge is 0.339 e. The number of benzene rings is 2. The molecule has 0 aliphatic carbocycles. The van der Waals surface area contributed by atoms with E-state index in [-0.39, 0.29) is 23.3 Å². The summed E-state index contributed by atoms with van der Waals surface area (Å²) in [5.41, 5.74) is 3.88. The van der Waals surface area contributed by atoms with Crippen molar-refractivity contribution in [3.8, 4) is 28.1 Å². The molecular formula is C41H50FN3O6. The number of carbonyl (C=O) groups excluding carboxylic acids is 2. The van der Waals surface area contributed by atoms with E-state index >= 15 is 0 Å². The van der Waals surface area contributed by atoms with Gasteiger partial charge in [-0.25, -0.2) is 14.2 Å². The molecule has 7 rings (SSSR count). The molecule has 3 aliphatic rings. The van der Waals surface area contributed by atoms with Crippen molar-refractivity contribution in [1.29, 1.82) is 0 Å². The number of rotatable bonds is 4. The summed E-state index contributed by atoms with van der Waals surface area (Å²) < 4.78 is 41.4. The zero-order valence-corrected chi connectivity index (χ0v) is 31.1. The summed E-state index contributed by atoms with van der Waals surface area (Å²) in [6, 6.07) is 12.4. The van der Waals surface area contributed by atoms with Gasteiger partial charge in [-0.05, 0) is 116 Å². The number of imidazole rings is 1. The fourth-order valence-electron chi connectivity index (χ4n) is 7.34. The van der Waals surface area contributed by atoms with Crippen molar-refractivity contribution < 1.29 is 32.9 Å². The van der Waals surface area contributed by atoms with Crippen LogP contribution in [-0.4, -0.2) is 65.2 Å². The molecule has 0 saturated carbocycles. The average Bonchev–Trinajstić information content (AvgIpc) is 3.51. The number of esters is 1. The van der Waals surface area contributed by atoms with Gasteiger partial charge in [0.1, 0.15) is 23.0 Å². The number of pyridine rings is 1. The van der Waals surface area contributed by atoms with Crippen molar-refractivity contribution in [3.05, 3.63) is 71.2 Å². The van der Waals surface area contributed by atoms with Gasteiger partial charge in [0, 0.05) is 42.6 Å². The van der Waals surface area contributed by atoms with E-state index in [2.05, 4.69) is 11.8 Å². The zero-order valence-electron chi connectivity index (χ0n) is 31.1. The molecule has 51 heavy (non-hydrogen) atoms. The van der Waals surface area contributed by atoms with Gasteiger partial charge < -0.3 is 23.8 Å². The third-order valence-electron chi connectivity index (χ3n) is 9.99. The van der Waals surface area contributed by atoms with Crippen LogP contribution in [0.3, 0.4) is 0 Å². The normalized spacial score (nSPS) is 20.5. The van der Waals surface area contributed by atoms with Crippen LogP contribution in [-0.2, 0) is 19.0 Å². The number of Topliss-reactive ketones (excluding diaryl/α,β-unsaturated/α-hetero) is 1. The molecule has 2 aromatic heterocycles. The molecule has 0 N–H and O–H groups in total. The average molecular weight is 700 g/mol. The van der Waals surface area contributed by atoms with Crippen LogP contribution in [0.25, 0.3) is 28.0 Å². The number of fused-ring (bicyclic) bond motifs is 8. The van der Waals surface area contributed by atoms with E-state index in [1.807, 2.05) is 69.5 Å². The van der Waals surface area contributed by atoms with Crippen molar-refractivity contribution in [3.63, 3.8) is 0 Å². The van der Waals surface area contributed by atoms with Gasteiger partial charge in [0.2, 0.25) is 0 Å². The van der Waals surface area contributed by atoms with E-state index in [1.165, 1.54) is 26.2 Å². The number of methoxy groups -OCH3 is 1. The highest BCUT2D eigenvalue weighted by molar-refractivity contribution is 6.03. The first-order valence-electron chi connectivity index (χ1n) is 18.0. The lowest BCUT2D eigenvalue weighted by atomic mass is 9.91. The number of ketones is 1. The SMILES string of the molecule is COC(=O)C(OC(C)(C)C)c1c(C)c(C(C)=O)c2nc3cn2c1N1CCC(C)(CC1)OCCCCC(C)Oc1ccc(F)cc1-c1cccc-3c1. The van der Waals surface area contributed by atoms with Gasteiger partial charge in [-0.2, -0.15) is 0 Å². The summed E-state index contributed by atoms with van der Waals surface area (Å²) in [6.07, 6.45) is 4.93. The fourth-order valence-corrected chi connectivity index (χ4v) is 7.34. The molecule has 2 atom stereocenters. The Hall–Kier alpha value is -4.28. The highest BCUT2D eigenvalue weighted by Gasteiger charge is 2.39. The molecule has 3 aliphatic heterocycles. The molecule has 272 valence electrons. The van der Waals surface area contributed by atoms with Crippen molar-refractivity contribution >= 4 is 23.2 Å². The number of anilines is 1. The molecule has 9 nitrogen and oxygen atoms in total. The van der Waals surface area contributed by atoms with Gasteiger partial charge in [-0.15, -0.1) is 0 Å². The largest absolute Gasteiger partial charge is 0.490 e. The second-order valence-corrected chi connectivity index (χ2v) is 15.2. The van der Waals surface area contributed by atoms with Crippen LogP contribution in [0, 0.1) is 12.7 Å². The van der Waals surface area contributed by atoms with Gasteiger partial charge in [0.05, 0.1) is 35.7 Å². The molecule has 0 radical (unpaired) electrons. The molecule has 1 saturated heterocycles. The Labute approximate surface area is 300 Å². The molecular weight excluding hydrogens is 649 g/mol. The quantitative estimate of drug-likeness (QED) is 0.154. The number of hydrogen-bond acceptors (Lipinski definition) is 8. The standard InChI is InChI=1S/C41H50FN3O6/c1-25-12-9-10-21-49-41(7)17-19-44(20-18-41)38-35(36(39(47)48-8)51-40(4,5)6)26(2)34(27(3)46)37-43-32(24-45(37)38)29-14-11-13-28(22-29)31-23-30(42)15-16-33(31)50-25/h11,13-16,22-25,36H,9-10,12,17-21H2,1-8H3. The van der Waals surface area contributed by atoms with Crippen LogP contribution in [0.5, 0.6) is 5.75 Å². The van der Waals surface area contributed by atoms with Gasteiger partial charge >= 0.3 is 5.97 Å². The van der Waals surface area contributed by atoms with E-state index in [0.29, 0.717) is 59.0 Å². The Morgan fingerprint density at radius 1 is 1.08 bits per heavy atom. The van der Waals surface area contributed by atoms with Gasteiger partial charge in [-0.3, -0.25) is 9.20 Å². The highest BCUT2D eigenvalue weighted by Crippen LogP contribution is 2.42. The Morgan fingerprint density at radius 2 is 1.80 bits per heavy atom. The fraction of sp³-hybridized carbons (Fsp3) is 0.488. The number of halogens is 1. The molecule has 1 fully saturated rings. The zero-order chi connectivity index (χ0) is 36.7. The first kappa shape index (κ1) is 36.5. The molecule has 10 heteroatoms. The second kappa shape index (κ2) is 14.4. The summed E-state index contributed by atoms with van der Waals surface area (Å²) in [5.74, 6) is 0.243. The predicted molar refractivity (Wildman–Crippen MR) is 196 cm³/mol. The van der Waals surface area contributed by atoms with E-state index in [9.17, 15) is 14.0 Å². The van der Waals surface area contributed by atoms with Crippen molar-refractivity contribution in [1.82, 2.24) is 9.38 Å².